The van der Waals surface area contributed by atoms with E-state index in [9.17, 15) is 0 Å². The molecule has 0 amide bonds. The number of anilines is 3. The number of benzene rings is 8. The number of allylic oxidation sites excluding steroid dienone is 2. The van der Waals surface area contributed by atoms with Gasteiger partial charge in [0.2, 0.25) is 0 Å². The van der Waals surface area contributed by atoms with E-state index in [-0.39, 0.29) is 0 Å². The van der Waals surface area contributed by atoms with Crippen LogP contribution in [0.1, 0.15) is 46.2 Å². The van der Waals surface area contributed by atoms with E-state index in [4.69, 9.17) is 4.74 Å². The lowest BCUT2D eigenvalue weighted by Gasteiger charge is -2.30. The Hall–Kier alpha value is -6.90. The lowest BCUT2D eigenvalue weighted by atomic mass is 9.84. The summed E-state index contributed by atoms with van der Waals surface area (Å²) in [4.78, 5) is 2.55. The lowest BCUT2D eigenvalue weighted by Crippen LogP contribution is -2.13. The molecule has 0 saturated carbocycles. The first kappa shape index (κ1) is 33.3. The fraction of sp³-hybridized carbons (Fsp3) is 0.107. The van der Waals surface area contributed by atoms with E-state index in [0.717, 1.165) is 37.1 Å². The third kappa shape index (κ3) is 5.11. The van der Waals surface area contributed by atoms with Crippen LogP contribution >= 0.6 is 0 Å². The van der Waals surface area contributed by atoms with E-state index in [1.807, 2.05) is 0 Å². The van der Waals surface area contributed by atoms with Crippen molar-refractivity contribution >= 4 is 33.4 Å². The first-order valence-corrected chi connectivity index (χ1v) is 20.7. The van der Waals surface area contributed by atoms with Gasteiger partial charge in [-0.05, 0) is 134 Å². The molecule has 0 bridgehead atoms. The average molecular weight is 744 g/mol. The molecule has 12 rings (SSSR count). The van der Waals surface area contributed by atoms with Crippen LogP contribution < -0.4 is 9.64 Å². The van der Waals surface area contributed by atoms with Gasteiger partial charge in [0, 0.05) is 28.8 Å². The fourth-order valence-electron chi connectivity index (χ4n) is 10.3. The summed E-state index contributed by atoms with van der Waals surface area (Å²) < 4.78 is 6.74. The van der Waals surface area contributed by atoms with Crippen molar-refractivity contribution in [1.29, 1.82) is 0 Å². The van der Waals surface area contributed by atoms with Crippen molar-refractivity contribution in [3.05, 3.63) is 209 Å². The van der Waals surface area contributed by atoms with E-state index in [0.29, 0.717) is 6.61 Å². The summed E-state index contributed by atoms with van der Waals surface area (Å²) in [6, 6.07) is 58.9. The van der Waals surface area contributed by atoms with Crippen molar-refractivity contribution in [3.8, 4) is 50.3 Å². The van der Waals surface area contributed by atoms with Crippen LogP contribution in [0.5, 0.6) is 5.75 Å². The minimum absolute atomic E-state index is 0.621. The van der Waals surface area contributed by atoms with Crippen LogP contribution in [-0.4, -0.2) is 6.61 Å². The molecule has 1 heterocycles. The summed E-state index contributed by atoms with van der Waals surface area (Å²) in [7, 11) is 0. The second-order valence-electron chi connectivity index (χ2n) is 16.3. The van der Waals surface area contributed by atoms with Crippen molar-refractivity contribution in [1.82, 2.24) is 0 Å². The van der Waals surface area contributed by atoms with Crippen LogP contribution in [0.25, 0.3) is 60.9 Å². The van der Waals surface area contributed by atoms with Crippen LogP contribution in [0.3, 0.4) is 0 Å². The van der Waals surface area contributed by atoms with Crippen LogP contribution in [0.2, 0.25) is 0 Å². The normalized spacial score (nSPS) is 14.3. The van der Waals surface area contributed by atoms with Gasteiger partial charge in [-0.15, -0.1) is 0 Å². The van der Waals surface area contributed by atoms with Crippen molar-refractivity contribution in [2.75, 3.05) is 11.5 Å². The Bertz CT molecular complexity index is 3060. The fourth-order valence-corrected chi connectivity index (χ4v) is 10.3. The van der Waals surface area contributed by atoms with E-state index in [1.165, 1.54) is 111 Å². The molecular formula is C56H41NO. The van der Waals surface area contributed by atoms with Gasteiger partial charge in [-0.3, -0.25) is 0 Å². The molecule has 0 atom stereocenters. The zero-order valence-corrected chi connectivity index (χ0v) is 32.6. The molecule has 0 N–H and O–H groups in total. The summed E-state index contributed by atoms with van der Waals surface area (Å²) in [5, 5.41) is 2.52. The third-order valence-electron chi connectivity index (χ3n) is 13.0. The summed E-state index contributed by atoms with van der Waals surface area (Å²) in [5.41, 5.74) is 24.7. The Kier molecular flexibility index (Phi) is 7.50. The molecule has 58 heavy (non-hydrogen) atoms. The molecule has 0 spiro atoms. The molecule has 1 aliphatic heterocycles. The Morgan fingerprint density at radius 1 is 0.534 bits per heavy atom. The van der Waals surface area contributed by atoms with Crippen molar-refractivity contribution in [2.24, 2.45) is 0 Å². The molecular weight excluding hydrogens is 703 g/mol. The van der Waals surface area contributed by atoms with Gasteiger partial charge in [-0.25, -0.2) is 0 Å². The number of hydrogen-bond donors (Lipinski definition) is 0. The van der Waals surface area contributed by atoms with Gasteiger partial charge < -0.3 is 9.64 Å². The number of hydrogen-bond acceptors (Lipinski definition) is 2. The number of rotatable bonds is 5. The average Bonchev–Trinajstić information content (AvgIpc) is 3.84. The second-order valence-corrected chi connectivity index (χ2v) is 16.3. The van der Waals surface area contributed by atoms with E-state index in [2.05, 4.69) is 182 Å². The molecule has 3 aliphatic carbocycles. The zero-order valence-electron chi connectivity index (χ0n) is 32.6. The quantitative estimate of drug-likeness (QED) is 0.174. The maximum absolute atomic E-state index is 6.74. The highest BCUT2D eigenvalue weighted by Gasteiger charge is 2.33. The smallest absolute Gasteiger partial charge is 0.135 e. The predicted molar refractivity (Wildman–Crippen MR) is 242 cm³/mol. The SMILES string of the molecule is Cc1ccc2c(c1)-c1cccc(N(c3ccc(-c4ccccc4)cc3)c3cccc4c3-c3cc5ccccc5c(-c5cccc6c5OCC5=C6CCC=C5)c3C4)c1C2. The summed E-state index contributed by atoms with van der Waals surface area (Å²) >= 11 is 0. The molecule has 0 aromatic heterocycles. The molecule has 2 nitrogen and oxygen atoms in total. The maximum atomic E-state index is 6.74. The largest absolute Gasteiger partial charge is 0.488 e. The maximum Gasteiger partial charge on any atom is 0.135 e. The molecule has 8 aromatic carbocycles. The molecule has 4 aliphatic rings. The Balaban J connectivity index is 1.08. The first-order valence-electron chi connectivity index (χ1n) is 20.7. The first-order chi connectivity index (χ1) is 28.7. The van der Waals surface area contributed by atoms with Crippen molar-refractivity contribution < 1.29 is 4.74 Å². The van der Waals surface area contributed by atoms with Gasteiger partial charge in [-0.1, -0.05) is 145 Å². The summed E-state index contributed by atoms with van der Waals surface area (Å²) in [5.74, 6) is 1.03. The van der Waals surface area contributed by atoms with Crippen LogP contribution in [-0.2, 0) is 12.8 Å². The molecule has 0 unspecified atom stereocenters. The number of ether oxygens (including phenoxy) is 1. The van der Waals surface area contributed by atoms with Crippen molar-refractivity contribution in [2.45, 2.75) is 32.6 Å². The monoisotopic (exact) mass is 743 g/mol. The molecule has 0 radical (unpaired) electrons. The third-order valence-corrected chi connectivity index (χ3v) is 13.0. The second kappa shape index (κ2) is 13.1. The molecule has 0 saturated heterocycles. The lowest BCUT2D eigenvalue weighted by molar-refractivity contribution is 0.350. The number of para-hydroxylation sites is 1. The standard InChI is InChI=1S/C56H41NO/c1-35-24-25-39-31-49-45(48(39)30-35)19-11-22-52(49)57(42-28-26-37(27-29-42)36-12-3-2-4-13-36)53-23-9-16-40-33-51-50(54(40)53)32-38-14-5-8-18-44(38)55(51)47-21-10-20-46-43-17-7-6-15-41(43)34-58-56(46)47/h2-6,8-16,18-30,32H,7,17,31,33-34H2,1H3. The highest BCUT2D eigenvalue weighted by atomic mass is 16.5. The topological polar surface area (TPSA) is 12.5 Å². The van der Waals surface area contributed by atoms with Crippen LogP contribution in [0.4, 0.5) is 17.1 Å². The molecule has 0 fully saturated rings. The number of aryl methyl sites for hydroxylation is 1. The summed E-state index contributed by atoms with van der Waals surface area (Å²) in [6.45, 7) is 2.82. The molecule has 276 valence electrons. The van der Waals surface area contributed by atoms with E-state index in [1.54, 1.807) is 0 Å². The predicted octanol–water partition coefficient (Wildman–Crippen LogP) is 14.6. The number of nitrogens with zero attached hydrogens (tertiary/aromatic N) is 1. The van der Waals surface area contributed by atoms with Gasteiger partial charge in [-0.2, -0.15) is 0 Å². The van der Waals surface area contributed by atoms with Gasteiger partial charge in [0.05, 0.1) is 11.4 Å². The highest BCUT2D eigenvalue weighted by Crippen LogP contribution is 2.55. The van der Waals surface area contributed by atoms with Crippen LogP contribution in [0.15, 0.2) is 175 Å². The van der Waals surface area contributed by atoms with Gasteiger partial charge in [0.25, 0.3) is 0 Å². The van der Waals surface area contributed by atoms with E-state index < -0.39 is 0 Å². The Morgan fingerprint density at radius 3 is 2.21 bits per heavy atom. The zero-order chi connectivity index (χ0) is 38.3. The molecule has 8 aromatic rings. The van der Waals surface area contributed by atoms with Crippen molar-refractivity contribution in [3.63, 3.8) is 0 Å². The number of fused-ring (bicyclic) bond motifs is 9. The van der Waals surface area contributed by atoms with Gasteiger partial charge in [0.15, 0.2) is 0 Å². The Labute approximate surface area is 340 Å². The minimum atomic E-state index is 0.621. The summed E-state index contributed by atoms with van der Waals surface area (Å²) in [6.07, 6.45) is 8.46. The highest BCUT2D eigenvalue weighted by molar-refractivity contribution is 6.08. The minimum Gasteiger partial charge on any atom is -0.488 e. The van der Waals surface area contributed by atoms with Gasteiger partial charge >= 0.3 is 0 Å². The van der Waals surface area contributed by atoms with Gasteiger partial charge in [0.1, 0.15) is 12.4 Å². The Morgan fingerprint density at radius 2 is 1.29 bits per heavy atom. The molecule has 2 heteroatoms. The van der Waals surface area contributed by atoms with E-state index >= 15 is 0 Å². The van der Waals surface area contributed by atoms with Crippen LogP contribution in [0, 0.1) is 6.92 Å².